The third-order valence-electron chi connectivity index (χ3n) is 3.65. The zero-order valence-electron chi connectivity index (χ0n) is 12.0. The molecule has 1 aliphatic carbocycles. The minimum Gasteiger partial charge on any atom is -0.310 e. The molecule has 1 N–H and O–H groups in total. The predicted molar refractivity (Wildman–Crippen MR) is 83.0 cm³/mol. The minimum atomic E-state index is 0.591. The van der Waals surface area contributed by atoms with E-state index in [0.29, 0.717) is 17.8 Å². The zero-order valence-corrected chi connectivity index (χ0v) is 12.9. The van der Waals surface area contributed by atoms with E-state index in [2.05, 4.69) is 59.7 Å². The lowest BCUT2D eigenvalue weighted by Gasteiger charge is -2.03. The molecule has 2 unspecified atom stereocenters. The van der Waals surface area contributed by atoms with Crippen LogP contribution >= 0.6 is 11.3 Å². The van der Waals surface area contributed by atoms with Crippen molar-refractivity contribution in [3.05, 3.63) is 45.9 Å². The molecule has 1 aromatic carbocycles. The van der Waals surface area contributed by atoms with Crippen LogP contribution in [0.5, 0.6) is 0 Å². The lowest BCUT2D eigenvalue weighted by Crippen LogP contribution is -2.18. The summed E-state index contributed by atoms with van der Waals surface area (Å²) < 4.78 is 0. The van der Waals surface area contributed by atoms with Crippen molar-refractivity contribution in [2.24, 2.45) is 5.92 Å². The summed E-state index contributed by atoms with van der Waals surface area (Å²) in [4.78, 5) is 0. The van der Waals surface area contributed by atoms with Gasteiger partial charge in [0, 0.05) is 12.5 Å². The Balaban J connectivity index is 1.56. The summed E-state index contributed by atoms with van der Waals surface area (Å²) >= 11 is 1.77. The quantitative estimate of drug-likeness (QED) is 0.883. The second-order valence-electron chi connectivity index (χ2n) is 5.92. The predicted octanol–water partition coefficient (Wildman–Crippen LogP) is 3.55. The fourth-order valence-electron chi connectivity index (χ4n) is 2.49. The molecule has 1 aromatic heterocycles. The second-order valence-corrected chi connectivity index (χ2v) is 7.01. The number of hydrogen-bond donors (Lipinski definition) is 1. The fourth-order valence-corrected chi connectivity index (χ4v) is 3.48. The van der Waals surface area contributed by atoms with E-state index >= 15 is 0 Å². The lowest BCUT2D eigenvalue weighted by molar-refractivity contribution is 0.550. The van der Waals surface area contributed by atoms with Gasteiger partial charge in [-0.2, -0.15) is 0 Å². The highest BCUT2D eigenvalue weighted by atomic mass is 32.1. The largest absolute Gasteiger partial charge is 0.310 e. The molecule has 3 rings (SSSR count). The van der Waals surface area contributed by atoms with Crippen LogP contribution < -0.4 is 5.32 Å². The van der Waals surface area contributed by atoms with Crippen molar-refractivity contribution < 1.29 is 0 Å². The van der Waals surface area contributed by atoms with Crippen molar-refractivity contribution in [1.29, 1.82) is 0 Å². The van der Waals surface area contributed by atoms with Crippen molar-refractivity contribution in [3.8, 4) is 0 Å². The maximum atomic E-state index is 4.38. The first-order chi connectivity index (χ1) is 9.74. The van der Waals surface area contributed by atoms with Crippen LogP contribution in [0, 0.1) is 5.92 Å². The molecule has 0 bridgehead atoms. The van der Waals surface area contributed by atoms with E-state index in [9.17, 15) is 0 Å². The van der Waals surface area contributed by atoms with Crippen LogP contribution in [0.3, 0.4) is 0 Å². The number of rotatable bonds is 6. The highest BCUT2D eigenvalue weighted by molar-refractivity contribution is 7.11. The topological polar surface area (TPSA) is 37.8 Å². The van der Waals surface area contributed by atoms with Gasteiger partial charge in [-0.25, -0.2) is 0 Å². The van der Waals surface area contributed by atoms with Gasteiger partial charge in [0.15, 0.2) is 0 Å². The van der Waals surface area contributed by atoms with Crippen LogP contribution in [0.1, 0.15) is 47.7 Å². The molecule has 1 heterocycles. The molecule has 0 radical (unpaired) electrons. The number of nitrogens with one attached hydrogen (secondary N) is 1. The van der Waals surface area contributed by atoms with Gasteiger partial charge in [-0.15, -0.1) is 10.2 Å². The van der Waals surface area contributed by atoms with Crippen LogP contribution in [-0.2, 0) is 6.54 Å². The highest BCUT2D eigenvalue weighted by Crippen LogP contribution is 2.55. The Morgan fingerprint density at radius 3 is 2.75 bits per heavy atom. The van der Waals surface area contributed by atoms with E-state index in [1.165, 1.54) is 17.0 Å². The Labute approximate surface area is 124 Å². The molecule has 106 valence electrons. The molecular formula is C16H21N3S. The van der Waals surface area contributed by atoms with E-state index in [4.69, 9.17) is 0 Å². The van der Waals surface area contributed by atoms with E-state index in [0.717, 1.165) is 18.1 Å². The van der Waals surface area contributed by atoms with Gasteiger partial charge in [0.25, 0.3) is 0 Å². The van der Waals surface area contributed by atoms with Crippen LogP contribution in [-0.4, -0.2) is 16.7 Å². The van der Waals surface area contributed by atoms with E-state index in [1.807, 2.05) is 0 Å². The van der Waals surface area contributed by atoms with Crippen molar-refractivity contribution in [2.75, 3.05) is 6.54 Å². The second kappa shape index (κ2) is 6.02. The summed E-state index contributed by atoms with van der Waals surface area (Å²) in [6, 6.07) is 10.7. The molecule has 4 heteroatoms. The van der Waals surface area contributed by atoms with Gasteiger partial charge < -0.3 is 5.32 Å². The van der Waals surface area contributed by atoms with Crippen molar-refractivity contribution >= 4 is 11.3 Å². The van der Waals surface area contributed by atoms with Crippen LogP contribution in [0.25, 0.3) is 0 Å². The molecule has 1 aliphatic rings. The van der Waals surface area contributed by atoms with Gasteiger partial charge in [0.1, 0.15) is 10.0 Å². The molecule has 0 aliphatic heterocycles. The number of benzene rings is 1. The van der Waals surface area contributed by atoms with E-state index in [1.54, 1.807) is 11.3 Å². The summed E-state index contributed by atoms with van der Waals surface area (Å²) in [7, 11) is 0. The molecule has 1 fully saturated rings. The summed E-state index contributed by atoms with van der Waals surface area (Å²) in [5, 5.41) is 14.4. The van der Waals surface area contributed by atoms with Crippen molar-refractivity contribution in [3.63, 3.8) is 0 Å². The molecule has 2 aromatic rings. The third kappa shape index (κ3) is 3.25. The molecular weight excluding hydrogens is 266 g/mol. The van der Waals surface area contributed by atoms with Crippen molar-refractivity contribution in [1.82, 2.24) is 15.5 Å². The Bertz CT molecular complexity index is 550. The Kier molecular flexibility index (Phi) is 4.13. The average molecular weight is 287 g/mol. The normalized spacial score (nSPS) is 21.4. The first kappa shape index (κ1) is 13.7. The van der Waals surface area contributed by atoms with Crippen LogP contribution in [0.4, 0.5) is 0 Å². The first-order valence-corrected chi connectivity index (χ1v) is 8.13. The summed E-state index contributed by atoms with van der Waals surface area (Å²) in [5.41, 5.74) is 1.44. The van der Waals surface area contributed by atoms with Crippen LogP contribution in [0.2, 0.25) is 0 Å². The van der Waals surface area contributed by atoms with Gasteiger partial charge in [0.2, 0.25) is 0 Å². The van der Waals surface area contributed by atoms with Gasteiger partial charge in [-0.05, 0) is 30.4 Å². The SMILES string of the molecule is CC(C)CNCc1nnc(C2CC2c2ccccc2)s1. The molecule has 3 nitrogen and oxygen atoms in total. The molecule has 0 spiro atoms. The van der Waals surface area contributed by atoms with Gasteiger partial charge in [-0.3, -0.25) is 0 Å². The maximum Gasteiger partial charge on any atom is 0.131 e. The summed E-state index contributed by atoms with van der Waals surface area (Å²) in [6.45, 7) is 6.31. The fraction of sp³-hybridized carbons (Fsp3) is 0.500. The molecule has 0 saturated heterocycles. The summed E-state index contributed by atoms with van der Waals surface area (Å²) in [5.74, 6) is 1.92. The minimum absolute atomic E-state index is 0.591. The summed E-state index contributed by atoms with van der Waals surface area (Å²) in [6.07, 6.45) is 1.22. The Morgan fingerprint density at radius 2 is 2.00 bits per heavy atom. The maximum absolute atomic E-state index is 4.38. The monoisotopic (exact) mass is 287 g/mol. The van der Waals surface area contributed by atoms with Crippen molar-refractivity contribution in [2.45, 2.75) is 38.6 Å². The molecule has 0 amide bonds. The first-order valence-electron chi connectivity index (χ1n) is 7.32. The number of nitrogens with zero attached hydrogens (tertiary/aromatic N) is 2. The van der Waals surface area contributed by atoms with Gasteiger partial charge >= 0.3 is 0 Å². The molecule has 20 heavy (non-hydrogen) atoms. The third-order valence-corrected chi connectivity index (χ3v) is 4.70. The Hall–Kier alpha value is -1.26. The van der Waals surface area contributed by atoms with Gasteiger partial charge in [-0.1, -0.05) is 55.5 Å². The standard InChI is InChI=1S/C16H21N3S/c1-11(2)9-17-10-15-18-19-16(20-15)14-8-13(14)12-6-4-3-5-7-12/h3-7,11,13-14,17H,8-10H2,1-2H3. The van der Waals surface area contributed by atoms with Gasteiger partial charge in [0.05, 0.1) is 0 Å². The Morgan fingerprint density at radius 1 is 1.20 bits per heavy atom. The zero-order chi connectivity index (χ0) is 13.9. The molecule has 1 saturated carbocycles. The smallest absolute Gasteiger partial charge is 0.131 e. The lowest BCUT2D eigenvalue weighted by atomic mass is 10.1. The highest BCUT2D eigenvalue weighted by Gasteiger charge is 2.41. The van der Waals surface area contributed by atoms with Crippen LogP contribution in [0.15, 0.2) is 30.3 Å². The van der Waals surface area contributed by atoms with E-state index in [-0.39, 0.29) is 0 Å². The molecule has 2 atom stereocenters. The van der Waals surface area contributed by atoms with E-state index < -0.39 is 0 Å². The number of aromatic nitrogens is 2. The number of hydrogen-bond acceptors (Lipinski definition) is 4. The average Bonchev–Trinajstić information content (AvgIpc) is 3.12.